The first kappa shape index (κ1) is 15.1. The maximum absolute atomic E-state index is 10.2. The summed E-state index contributed by atoms with van der Waals surface area (Å²) in [6.45, 7) is 5.28. The molecule has 2 aromatic rings. The second-order valence-electron chi connectivity index (χ2n) is 4.89. The molecule has 0 aliphatic heterocycles. The van der Waals surface area contributed by atoms with E-state index in [-0.39, 0.29) is 0 Å². The first-order chi connectivity index (χ1) is 9.67. The molecule has 0 spiro atoms. The zero-order valence-corrected chi connectivity index (χ0v) is 12.8. The molecule has 0 radical (unpaired) electrons. The van der Waals surface area contributed by atoms with E-state index in [9.17, 15) is 5.11 Å². The Morgan fingerprint density at radius 3 is 2.75 bits per heavy atom. The van der Waals surface area contributed by atoms with Crippen molar-refractivity contribution in [1.29, 1.82) is 0 Å². The maximum atomic E-state index is 10.2. The summed E-state index contributed by atoms with van der Waals surface area (Å²) in [4.78, 5) is 8.86. The van der Waals surface area contributed by atoms with Gasteiger partial charge in [0.2, 0.25) is 0 Å². The molecule has 0 atom stereocenters. The minimum atomic E-state index is -0.611. The van der Waals surface area contributed by atoms with E-state index in [1.165, 1.54) is 0 Å². The Morgan fingerprint density at radius 2 is 2.10 bits per heavy atom. The van der Waals surface area contributed by atoms with Crippen LogP contribution in [0.15, 0.2) is 29.8 Å². The Kier molecular flexibility index (Phi) is 5.23. The van der Waals surface area contributed by atoms with E-state index in [0.29, 0.717) is 13.1 Å². The number of rotatable bonds is 7. The van der Waals surface area contributed by atoms with Gasteiger partial charge in [0.25, 0.3) is 0 Å². The zero-order chi connectivity index (χ0) is 14.4. The first-order valence-corrected chi connectivity index (χ1v) is 7.83. The molecule has 0 amide bonds. The number of aliphatic hydroxyl groups is 1. The van der Waals surface area contributed by atoms with Gasteiger partial charge in [0.1, 0.15) is 5.01 Å². The highest BCUT2D eigenvalue weighted by molar-refractivity contribution is 7.13. The standard InChI is InChI=1S/C15H21N3OS/c1-3-15(19,4-2)11-16-9-12-10-20-14(18-12)13-7-5-6-8-17-13/h5-8,10,16,19H,3-4,9,11H2,1-2H3. The van der Waals surface area contributed by atoms with Gasteiger partial charge in [-0.05, 0) is 25.0 Å². The van der Waals surface area contributed by atoms with Gasteiger partial charge in [-0.25, -0.2) is 4.98 Å². The molecule has 2 aromatic heterocycles. The lowest BCUT2D eigenvalue weighted by Gasteiger charge is -2.25. The number of hydrogen-bond acceptors (Lipinski definition) is 5. The van der Waals surface area contributed by atoms with Crippen LogP contribution in [-0.2, 0) is 6.54 Å². The van der Waals surface area contributed by atoms with Crippen LogP contribution in [0.3, 0.4) is 0 Å². The zero-order valence-electron chi connectivity index (χ0n) is 12.0. The van der Waals surface area contributed by atoms with Crippen LogP contribution in [0.4, 0.5) is 0 Å². The molecule has 5 heteroatoms. The predicted molar refractivity (Wildman–Crippen MR) is 82.6 cm³/mol. The van der Waals surface area contributed by atoms with Crippen molar-refractivity contribution in [2.75, 3.05) is 6.54 Å². The largest absolute Gasteiger partial charge is 0.389 e. The van der Waals surface area contributed by atoms with Crippen molar-refractivity contribution in [3.63, 3.8) is 0 Å². The number of nitrogens with one attached hydrogen (secondary N) is 1. The van der Waals surface area contributed by atoms with Crippen molar-refractivity contribution in [2.45, 2.75) is 38.8 Å². The Bertz CT molecular complexity index is 523. The third kappa shape index (κ3) is 3.85. The minimum absolute atomic E-state index is 0.594. The molecule has 0 unspecified atom stereocenters. The Morgan fingerprint density at radius 1 is 1.30 bits per heavy atom. The monoisotopic (exact) mass is 291 g/mol. The summed E-state index contributed by atoms with van der Waals surface area (Å²) in [7, 11) is 0. The third-order valence-corrected chi connectivity index (χ3v) is 4.43. The highest BCUT2D eigenvalue weighted by atomic mass is 32.1. The summed E-state index contributed by atoms with van der Waals surface area (Å²) in [5.41, 5.74) is 1.28. The van der Waals surface area contributed by atoms with Gasteiger partial charge in [0.05, 0.1) is 17.0 Å². The topological polar surface area (TPSA) is 58.0 Å². The molecule has 2 rings (SSSR count). The number of hydrogen-bond donors (Lipinski definition) is 2. The summed E-state index contributed by atoms with van der Waals surface area (Å²) in [5, 5.41) is 16.5. The molecule has 0 aromatic carbocycles. The van der Waals surface area contributed by atoms with E-state index in [2.05, 4.69) is 15.3 Å². The fourth-order valence-electron chi connectivity index (χ4n) is 1.92. The third-order valence-electron chi connectivity index (χ3n) is 3.51. The van der Waals surface area contributed by atoms with Crippen molar-refractivity contribution in [3.8, 4) is 10.7 Å². The summed E-state index contributed by atoms with van der Waals surface area (Å²) in [5.74, 6) is 0. The van der Waals surface area contributed by atoms with Crippen molar-refractivity contribution in [2.24, 2.45) is 0 Å². The van der Waals surface area contributed by atoms with Crippen LogP contribution in [0.25, 0.3) is 10.7 Å². The molecule has 4 nitrogen and oxygen atoms in total. The quantitative estimate of drug-likeness (QED) is 0.823. The van der Waals surface area contributed by atoms with E-state index in [1.54, 1.807) is 17.5 Å². The van der Waals surface area contributed by atoms with Gasteiger partial charge in [0, 0.05) is 24.7 Å². The molecule has 2 N–H and O–H groups in total. The Labute approximate surface area is 123 Å². The fourth-order valence-corrected chi connectivity index (χ4v) is 2.71. The van der Waals surface area contributed by atoms with Crippen molar-refractivity contribution < 1.29 is 5.11 Å². The highest BCUT2D eigenvalue weighted by Gasteiger charge is 2.21. The lowest BCUT2D eigenvalue weighted by Crippen LogP contribution is -2.39. The van der Waals surface area contributed by atoms with Crippen molar-refractivity contribution in [3.05, 3.63) is 35.5 Å². The number of nitrogens with zero attached hydrogens (tertiary/aromatic N) is 2. The van der Waals surface area contributed by atoms with Gasteiger partial charge in [-0.2, -0.15) is 0 Å². The summed E-state index contributed by atoms with van der Waals surface area (Å²) >= 11 is 1.60. The molecule has 0 aliphatic carbocycles. The van der Waals surface area contributed by atoms with E-state index in [1.807, 2.05) is 37.4 Å². The molecule has 2 heterocycles. The molecular formula is C15H21N3OS. The SMILES string of the molecule is CCC(O)(CC)CNCc1csc(-c2ccccn2)n1. The number of pyridine rings is 1. The van der Waals surface area contributed by atoms with E-state index in [0.717, 1.165) is 29.2 Å². The normalized spacial score (nSPS) is 11.8. The lowest BCUT2D eigenvalue weighted by atomic mass is 9.98. The number of aromatic nitrogens is 2. The van der Waals surface area contributed by atoms with Crippen LogP contribution in [0.1, 0.15) is 32.4 Å². The molecule has 0 saturated carbocycles. The van der Waals surface area contributed by atoms with Gasteiger partial charge in [0.15, 0.2) is 0 Å². The smallest absolute Gasteiger partial charge is 0.142 e. The summed E-state index contributed by atoms with van der Waals surface area (Å²) in [6.07, 6.45) is 3.29. The molecule has 108 valence electrons. The highest BCUT2D eigenvalue weighted by Crippen LogP contribution is 2.21. The van der Waals surface area contributed by atoms with Gasteiger partial charge >= 0.3 is 0 Å². The maximum Gasteiger partial charge on any atom is 0.142 e. The van der Waals surface area contributed by atoms with Crippen LogP contribution in [0.5, 0.6) is 0 Å². The van der Waals surface area contributed by atoms with E-state index < -0.39 is 5.60 Å². The van der Waals surface area contributed by atoms with Crippen molar-refractivity contribution >= 4 is 11.3 Å². The van der Waals surface area contributed by atoms with Crippen LogP contribution in [0.2, 0.25) is 0 Å². The first-order valence-electron chi connectivity index (χ1n) is 6.96. The average Bonchev–Trinajstić information content (AvgIpc) is 2.97. The number of thiazole rings is 1. The van der Waals surface area contributed by atoms with Gasteiger partial charge in [-0.3, -0.25) is 4.98 Å². The Balaban J connectivity index is 1.91. The molecule has 0 bridgehead atoms. The average molecular weight is 291 g/mol. The summed E-state index contributed by atoms with van der Waals surface area (Å²) in [6, 6.07) is 5.82. The van der Waals surface area contributed by atoms with Gasteiger partial charge in [-0.1, -0.05) is 19.9 Å². The molecular weight excluding hydrogens is 270 g/mol. The van der Waals surface area contributed by atoms with Crippen LogP contribution in [-0.4, -0.2) is 27.2 Å². The van der Waals surface area contributed by atoms with Crippen LogP contribution >= 0.6 is 11.3 Å². The minimum Gasteiger partial charge on any atom is -0.389 e. The van der Waals surface area contributed by atoms with Crippen molar-refractivity contribution in [1.82, 2.24) is 15.3 Å². The van der Waals surface area contributed by atoms with Gasteiger partial charge < -0.3 is 10.4 Å². The van der Waals surface area contributed by atoms with E-state index in [4.69, 9.17) is 0 Å². The van der Waals surface area contributed by atoms with Gasteiger partial charge in [-0.15, -0.1) is 11.3 Å². The molecule has 0 fully saturated rings. The Hall–Kier alpha value is -1.30. The predicted octanol–water partition coefficient (Wildman–Crippen LogP) is 2.85. The molecule has 0 saturated heterocycles. The van der Waals surface area contributed by atoms with Crippen LogP contribution < -0.4 is 5.32 Å². The second kappa shape index (κ2) is 6.92. The molecule has 20 heavy (non-hydrogen) atoms. The second-order valence-corrected chi connectivity index (χ2v) is 5.75. The summed E-state index contributed by atoms with van der Waals surface area (Å²) < 4.78 is 0. The molecule has 0 aliphatic rings. The van der Waals surface area contributed by atoms with E-state index >= 15 is 0 Å². The van der Waals surface area contributed by atoms with Crippen LogP contribution in [0, 0.1) is 0 Å². The fraction of sp³-hybridized carbons (Fsp3) is 0.467. The lowest BCUT2D eigenvalue weighted by molar-refractivity contribution is 0.0322.